The first-order valence-electron chi connectivity index (χ1n) is 10.8. The van der Waals surface area contributed by atoms with Gasteiger partial charge in [-0.1, -0.05) is 12.1 Å². The standard InChI is InChI=1S/C25H24N6O3/c1-33-21-12-18-20(13-22(21)34-2)29-25(30-24(18)32)31-11-8-17-16(14-31)4-3-5-19(17)28-23(26)15-6-9-27-10-7-15/h3-7,9-10,12-13H,8,11,14H2,1-2H3,(H2,26,28)(H,29,30,32). The van der Waals surface area contributed by atoms with E-state index in [0.717, 1.165) is 28.8 Å². The Morgan fingerprint density at radius 3 is 2.65 bits per heavy atom. The molecule has 0 radical (unpaired) electrons. The van der Waals surface area contributed by atoms with E-state index in [4.69, 9.17) is 20.2 Å². The second-order valence-electron chi connectivity index (χ2n) is 7.93. The molecule has 0 saturated carbocycles. The predicted molar refractivity (Wildman–Crippen MR) is 131 cm³/mol. The van der Waals surface area contributed by atoms with E-state index in [2.05, 4.69) is 25.9 Å². The summed E-state index contributed by atoms with van der Waals surface area (Å²) in [5.41, 5.74) is 10.5. The molecular formula is C25H24N6O3. The van der Waals surface area contributed by atoms with Gasteiger partial charge in [-0.15, -0.1) is 0 Å². The summed E-state index contributed by atoms with van der Waals surface area (Å²) in [5.74, 6) is 1.97. The van der Waals surface area contributed by atoms with Gasteiger partial charge in [-0.25, -0.2) is 9.98 Å². The molecule has 0 aliphatic carbocycles. The molecular weight excluding hydrogens is 432 g/mol. The minimum atomic E-state index is -0.227. The Bertz CT molecular complexity index is 1450. The van der Waals surface area contributed by atoms with Crippen LogP contribution in [0.2, 0.25) is 0 Å². The van der Waals surface area contributed by atoms with Crippen LogP contribution in [0.4, 0.5) is 11.6 Å². The van der Waals surface area contributed by atoms with Crippen molar-refractivity contribution in [1.29, 1.82) is 0 Å². The third-order valence-electron chi connectivity index (χ3n) is 5.96. The van der Waals surface area contributed by atoms with Crippen LogP contribution < -0.4 is 25.7 Å². The quantitative estimate of drug-likeness (QED) is 0.350. The molecule has 1 aliphatic rings. The normalized spacial score (nSPS) is 13.6. The Labute approximate surface area is 195 Å². The van der Waals surface area contributed by atoms with E-state index in [-0.39, 0.29) is 5.56 Å². The van der Waals surface area contributed by atoms with Crippen LogP contribution in [-0.4, -0.2) is 41.6 Å². The van der Waals surface area contributed by atoms with E-state index >= 15 is 0 Å². The zero-order valence-electron chi connectivity index (χ0n) is 18.9. The van der Waals surface area contributed by atoms with Crippen LogP contribution in [0.3, 0.4) is 0 Å². The molecule has 0 atom stereocenters. The fourth-order valence-electron chi connectivity index (χ4n) is 4.20. The average molecular weight is 457 g/mol. The van der Waals surface area contributed by atoms with Crippen LogP contribution in [0, 0.1) is 0 Å². The Balaban J connectivity index is 1.47. The van der Waals surface area contributed by atoms with Crippen molar-refractivity contribution < 1.29 is 9.47 Å². The maximum absolute atomic E-state index is 12.8. The summed E-state index contributed by atoms with van der Waals surface area (Å²) in [7, 11) is 3.09. The summed E-state index contributed by atoms with van der Waals surface area (Å²) in [5, 5.41) is 0.446. The zero-order chi connectivity index (χ0) is 23.7. The molecule has 172 valence electrons. The minimum Gasteiger partial charge on any atom is -0.493 e. The molecule has 0 amide bonds. The summed E-state index contributed by atoms with van der Waals surface area (Å²) < 4.78 is 10.7. The number of H-pyrrole nitrogens is 1. The lowest BCUT2D eigenvalue weighted by atomic mass is 9.98. The van der Waals surface area contributed by atoms with Gasteiger partial charge in [-0.3, -0.25) is 14.8 Å². The van der Waals surface area contributed by atoms with Gasteiger partial charge in [0.05, 0.1) is 30.8 Å². The first-order chi connectivity index (χ1) is 16.6. The smallest absolute Gasteiger partial charge is 0.260 e. The third kappa shape index (κ3) is 3.92. The van der Waals surface area contributed by atoms with Gasteiger partial charge in [-0.05, 0) is 41.8 Å². The number of pyridine rings is 1. The highest BCUT2D eigenvalue weighted by molar-refractivity contribution is 5.99. The molecule has 0 spiro atoms. The molecule has 0 saturated heterocycles. The Kier molecular flexibility index (Phi) is 5.59. The lowest BCUT2D eigenvalue weighted by Gasteiger charge is -2.30. The van der Waals surface area contributed by atoms with Gasteiger partial charge in [-0.2, -0.15) is 0 Å². The Morgan fingerprint density at radius 2 is 1.88 bits per heavy atom. The second kappa shape index (κ2) is 8.86. The maximum atomic E-state index is 12.8. The highest BCUT2D eigenvalue weighted by atomic mass is 16.5. The number of rotatable bonds is 5. The topological polar surface area (TPSA) is 119 Å². The third-order valence-corrected chi connectivity index (χ3v) is 5.96. The number of benzene rings is 2. The molecule has 9 heteroatoms. The van der Waals surface area contributed by atoms with Crippen molar-refractivity contribution in [3.63, 3.8) is 0 Å². The number of hydrogen-bond acceptors (Lipinski definition) is 7. The summed E-state index contributed by atoms with van der Waals surface area (Å²) in [6.07, 6.45) is 4.13. The van der Waals surface area contributed by atoms with Gasteiger partial charge in [0.25, 0.3) is 5.56 Å². The van der Waals surface area contributed by atoms with E-state index < -0.39 is 0 Å². The van der Waals surface area contributed by atoms with Crippen LogP contribution in [0.5, 0.6) is 11.5 Å². The van der Waals surface area contributed by atoms with Crippen molar-refractivity contribution in [1.82, 2.24) is 15.0 Å². The Morgan fingerprint density at radius 1 is 1.12 bits per heavy atom. The van der Waals surface area contributed by atoms with Crippen molar-refractivity contribution in [3.8, 4) is 11.5 Å². The molecule has 3 N–H and O–H groups in total. The number of methoxy groups -OCH3 is 2. The van der Waals surface area contributed by atoms with E-state index in [1.54, 1.807) is 31.6 Å². The van der Waals surface area contributed by atoms with Crippen LogP contribution in [0.1, 0.15) is 16.7 Å². The Hall–Kier alpha value is -4.40. The monoisotopic (exact) mass is 456 g/mol. The maximum Gasteiger partial charge on any atom is 0.260 e. The number of nitrogens with one attached hydrogen (secondary N) is 1. The molecule has 0 fully saturated rings. The van der Waals surface area contributed by atoms with Crippen molar-refractivity contribution in [2.24, 2.45) is 10.7 Å². The molecule has 2 aromatic carbocycles. The van der Waals surface area contributed by atoms with Gasteiger partial charge in [0.15, 0.2) is 11.5 Å². The molecule has 2 aromatic heterocycles. The zero-order valence-corrected chi connectivity index (χ0v) is 18.9. The lowest BCUT2D eigenvalue weighted by Crippen LogP contribution is -2.33. The number of aromatic nitrogens is 3. The van der Waals surface area contributed by atoms with Crippen molar-refractivity contribution >= 4 is 28.4 Å². The SMILES string of the molecule is COc1cc2nc(N3CCc4c(cccc4N=C(N)c4ccncc4)C3)[nH]c(=O)c2cc1OC. The lowest BCUT2D eigenvalue weighted by molar-refractivity contribution is 0.355. The fraction of sp³-hybridized carbons (Fsp3) is 0.200. The van der Waals surface area contributed by atoms with Crippen molar-refractivity contribution in [2.45, 2.75) is 13.0 Å². The number of aliphatic imine (C=N–C) groups is 1. The van der Waals surface area contributed by atoms with Gasteiger partial charge < -0.3 is 20.1 Å². The highest BCUT2D eigenvalue weighted by Gasteiger charge is 2.22. The molecule has 0 bridgehead atoms. The summed E-state index contributed by atoms with van der Waals surface area (Å²) in [4.78, 5) is 31.2. The number of anilines is 1. The number of fused-ring (bicyclic) bond motifs is 2. The van der Waals surface area contributed by atoms with Crippen LogP contribution in [0.15, 0.2) is 64.6 Å². The van der Waals surface area contributed by atoms with Crippen LogP contribution in [0.25, 0.3) is 10.9 Å². The average Bonchev–Trinajstić information content (AvgIpc) is 2.88. The molecule has 34 heavy (non-hydrogen) atoms. The molecule has 3 heterocycles. The summed E-state index contributed by atoms with van der Waals surface area (Å²) in [6.45, 7) is 1.27. The number of nitrogens with zero attached hydrogens (tertiary/aromatic N) is 4. The molecule has 4 aromatic rings. The molecule has 9 nitrogen and oxygen atoms in total. The van der Waals surface area contributed by atoms with Gasteiger partial charge in [0.2, 0.25) is 5.95 Å². The largest absolute Gasteiger partial charge is 0.493 e. The number of amidine groups is 1. The fourth-order valence-corrected chi connectivity index (χ4v) is 4.20. The summed E-state index contributed by atoms with van der Waals surface area (Å²) >= 11 is 0. The van der Waals surface area contributed by atoms with Gasteiger partial charge in [0, 0.05) is 37.1 Å². The van der Waals surface area contributed by atoms with E-state index in [1.807, 2.05) is 24.3 Å². The number of hydrogen-bond donors (Lipinski definition) is 2. The van der Waals surface area contributed by atoms with Crippen LogP contribution >= 0.6 is 0 Å². The van der Waals surface area contributed by atoms with E-state index in [9.17, 15) is 4.79 Å². The van der Waals surface area contributed by atoms with Crippen molar-refractivity contribution in [3.05, 3.63) is 81.9 Å². The first-order valence-corrected chi connectivity index (χ1v) is 10.8. The molecule has 0 unspecified atom stereocenters. The number of nitrogens with two attached hydrogens (primary N) is 1. The van der Waals surface area contributed by atoms with Gasteiger partial charge >= 0.3 is 0 Å². The number of aromatic amines is 1. The first kappa shape index (κ1) is 21.4. The summed E-state index contributed by atoms with van der Waals surface area (Å²) in [6, 6.07) is 13.0. The number of ether oxygens (including phenoxy) is 2. The molecule has 5 rings (SSSR count). The molecule has 1 aliphatic heterocycles. The van der Waals surface area contributed by atoms with Crippen molar-refractivity contribution in [2.75, 3.05) is 25.7 Å². The van der Waals surface area contributed by atoms with Gasteiger partial charge in [0.1, 0.15) is 5.84 Å². The van der Waals surface area contributed by atoms with E-state index in [1.165, 1.54) is 7.11 Å². The van der Waals surface area contributed by atoms with E-state index in [0.29, 0.717) is 47.3 Å². The highest BCUT2D eigenvalue weighted by Crippen LogP contribution is 2.32. The minimum absolute atomic E-state index is 0.227. The second-order valence-corrected chi connectivity index (χ2v) is 7.93. The predicted octanol–water partition coefficient (Wildman–Crippen LogP) is 2.94. The van der Waals surface area contributed by atoms with Crippen LogP contribution in [-0.2, 0) is 13.0 Å².